The molecular weight excluding hydrogens is 344 g/mol. The first-order chi connectivity index (χ1) is 11.7. The van der Waals surface area contributed by atoms with Gasteiger partial charge in [0, 0.05) is 28.3 Å². The van der Waals surface area contributed by atoms with E-state index in [2.05, 4.69) is 22.3 Å². The largest absolute Gasteiger partial charge is 0.328 e. The molecule has 0 amide bonds. The third-order valence-corrected chi connectivity index (χ3v) is 5.39. The lowest BCUT2D eigenvalue weighted by Gasteiger charge is -2.32. The molecule has 2 aliphatic rings. The number of carbonyl (C=O) groups excluding carboxylic acids is 1. The van der Waals surface area contributed by atoms with Gasteiger partial charge >= 0.3 is 0 Å². The van der Waals surface area contributed by atoms with Crippen LogP contribution in [0.2, 0.25) is 5.02 Å². The summed E-state index contributed by atoms with van der Waals surface area (Å²) in [5.41, 5.74) is 2.63. The lowest BCUT2D eigenvalue weighted by Crippen LogP contribution is -2.31. The number of halogens is 1. The molecule has 0 spiro atoms. The highest BCUT2D eigenvalue weighted by Crippen LogP contribution is 2.42. The smallest absolute Gasteiger partial charge is 0.227 e. The van der Waals surface area contributed by atoms with E-state index >= 15 is 0 Å². The fourth-order valence-corrected chi connectivity index (χ4v) is 4.11. The summed E-state index contributed by atoms with van der Waals surface area (Å²) in [4.78, 5) is 17.2. The van der Waals surface area contributed by atoms with Gasteiger partial charge in [-0.2, -0.15) is 4.98 Å². The SMILES string of the molecule is CCSc1nc2n(n1)C(c1ccccc1Cl)C1=C(CCCC1=O)N2. The van der Waals surface area contributed by atoms with Crippen LogP contribution in [0.5, 0.6) is 0 Å². The fraction of sp³-hybridized carbons (Fsp3) is 0.353. The van der Waals surface area contributed by atoms with Crippen molar-refractivity contribution in [2.45, 2.75) is 37.4 Å². The highest BCUT2D eigenvalue weighted by molar-refractivity contribution is 7.99. The summed E-state index contributed by atoms with van der Waals surface area (Å²) in [6.07, 6.45) is 2.29. The molecule has 1 aromatic carbocycles. The van der Waals surface area contributed by atoms with Crippen LogP contribution in [0, 0.1) is 0 Å². The topological polar surface area (TPSA) is 59.8 Å². The number of Topliss-reactive ketones (excluding diaryl/α,β-unsaturated/α-hetero) is 1. The van der Waals surface area contributed by atoms with Gasteiger partial charge in [0.15, 0.2) is 5.78 Å². The summed E-state index contributed by atoms with van der Waals surface area (Å²) >= 11 is 8.03. The molecule has 7 heteroatoms. The van der Waals surface area contributed by atoms with Crippen molar-refractivity contribution < 1.29 is 4.79 Å². The van der Waals surface area contributed by atoms with Gasteiger partial charge in [0.2, 0.25) is 11.1 Å². The van der Waals surface area contributed by atoms with Crippen LogP contribution in [0.25, 0.3) is 0 Å². The highest BCUT2D eigenvalue weighted by Gasteiger charge is 2.37. The van der Waals surface area contributed by atoms with Gasteiger partial charge in [-0.25, -0.2) is 4.68 Å². The summed E-state index contributed by atoms with van der Waals surface area (Å²) in [6.45, 7) is 2.07. The molecule has 124 valence electrons. The average Bonchev–Trinajstić information content (AvgIpc) is 2.96. The van der Waals surface area contributed by atoms with Gasteiger partial charge in [0.1, 0.15) is 6.04 Å². The van der Waals surface area contributed by atoms with Crippen LogP contribution in [0.15, 0.2) is 40.7 Å². The number of rotatable bonds is 3. The van der Waals surface area contributed by atoms with E-state index in [9.17, 15) is 4.79 Å². The van der Waals surface area contributed by atoms with Crippen molar-refractivity contribution in [1.29, 1.82) is 0 Å². The van der Waals surface area contributed by atoms with Crippen molar-refractivity contribution in [2.24, 2.45) is 0 Å². The van der Waals surface area contributed by atoms with Crippen LogP contribution < -0.4 is 5.32 Å². The van der Waals surface area contributed by atoms with Crippen molar-refractivity contribution in [1.82, 2.24) is 14.8 Å². The van der Waals surface area contributed by atoms with Crippen molar-refractivity contribution in [3.05, 3.63) is 46.1 Å². The number of hydrogen-bond donors (Lipinski definition) is 1. The lowest BCUT2D eigenvalue weighted by atomic mass is 9.85. The number of allylic oxidation sites excluding steroid dienone is 2. The van der Waals surface area contributed by atoms with Gasteiger partial charge in [0.25, 0.3) is 0 Å². The van der Waals surface area contributed by atoms with Crippen LogP contribution in [-0.2, 0) is 4.79 Å². The van der Waals surface area contributed by atoms with Crippen molar-refractivity contribution in [2.75, 3.05) is 11.1 Å². The third-order valence-electron chi connectivity index (χ3n) is 4.32. The predicted molar refractivity (Wildman–Crippen MR) is 95.5 cm³/mol. The van der Waals surface area contributed by atoms with Crippen LogP contribution in [-0.4, -0.2) is 26.3 Å². The number of benzene rings is 1. The lowest BCUT2D eigenvalue weighted by molar-refractivity contribution is -0.116. The maximum Gasteiger partial charge on any atom is 0.227 e. The van der Waals surface area contributed by atoms with Gasteiger partial charge in [-0.05, 0) is 24.7 Å². The predicted octanol–water partition coefficient (Wildman–Crippen LogP) is 4.07. The number of hydrogen-bond acceptors (Lipinski definition) is 5. The molecule has 0 saturated carbocycles. The number of carbonyl (C=O) groups is 1. The summed E-state index contributed by atoms with van der Waals surface area (Å²) < 4.78 is 1.81. The van der Waals surface area contributed by atoms with Gasteiger partial charge in [-0.3, -0.25) is 4.79 Å². The van der Waals surface area contributed by atoms with E-state index in [4.69, 9.17) is 11.6 Å². The first-order valence-corrected chi connectivity index (χ1v) is 9.42. The zero-order valence-electron chi connectivity index (χ0n) is 13.3. The Labute approximate surface area is 149 Å². The number of nitrogens with zero attached hydrogens (tertiary/aromatic N) is 3. The van der Waals surface area contributed by atoms with Gasteiger partial charge in [0.05, 0.1) is 0 Å². The number of anilines is 1. The van der Waals surface area contributed by atoms with Crippen LogP contribution >= 0.6 is 23.4 Å². The Morgan fingerprint density at radius 3 is 3.00 bits per heavy atom. The Morgan fingerprint density at radius 1 is 1.38 bits per heavy atom. The molecule has 1 aliphatic heterocycles. The van der Waals surface area contributed by atoms with Crippen LogP contribution in [0.1, 0.15) is 37.8 Å². The summed E-state index contributed by atoms with van der Waals surface area (Å²) in [7, 11) is 0. The molecule has 1 aromatic heterocycles. The molecule has 24 heavy (non-hydrogen) atoms. The van der Waals surface area contributed by atoms with Crippen LogP contribution in [0.3, 0.4) is 0 Å². The van der Waals surface area contributed by atoms with E-state index in [-0.39, 0.29) is 11.8 Å². The highest BCUT2D eigenvalue weighted by atomic mass is 35.5. The monoisotopic (exact) mass is 360 g/mol. The summed E-state index contributed by atoms with van der Waals surface area (Å²) in [5.74, 6) is 1.75. The van der Waals surface area contributed by atoms with E-state index in [1.54, 1.807) is 16.4 Å². The van der Waals surface area contributed by atoms with Gasteiger partial charge < -0.3 is 5.32 Å². The maximum atomic E-state index is 12.7. The van der Waals surface area contributed by atoms with E-state index in [0.29, 0.717) is 22.5 Å². The number of fused-ring (bicyclic) bond motifs is 1. The minimum atomic E-state index is -0.309. The first-order valence-electron chi connectivity index (χ1n) is 8.06. The fourth-order valence-electron chi connectivity index (χ4n) is 3.31. The molecule has 0 fully saturated rings. The molecule has 0 bridgehead atoms. The Kier molecular flexibility index (Phi) is 4.10. The molecule has 1 N–H and O–H groups in total. The van der Waals surface area contributed by atoms with E-state index in [1.165, 1.54) is 0 Å². The number of nitrogens with one attached hydrogen (secondary N) is 1. The normalized spacial score (nSPS) is 19.8. The van der Waals surface area contributed by atoms with Crippen LogP contribution in [0.4, 0.5) is 5.95 Å². The molecular formula is C17H17ClN4OS. The van der Waals surface area contributed by atoms with Crippen molar-refractivity contribution in [3.8, 4) is 0 Å². The first kappa shape index (κ1) is 15.7. The maximum absolute atomic E-state index is 12.7. The molecule has 1 atom stereocenters. The Hall–Kier alpha value is -1.79. The Morgan fingerprint density at radius 2 is 2.21 bits per heavy atom. The van der Waals surface area contributed by atoms with E-state index in [0.717, 1.165) is 35.4 Å². The number of aromatic nitrogens is 3. The standard InChI is InChI=1S/C17H17ClN4OS/c1-2-24-17-20-16-19-12-8-5-9-13(23)14(12)15(22(16)21-17)10-6-3-4-7-11(10)18/h3-4,6-7,15H,2,5,8-9H2,1H3,(H,19,20,21). The molecule has 0 saturated heterocycles. The van der Waals surface area contributed by atoms with Gasteiger partial charge in [-0.1, -0.05) is 48.5 Å². The zero-order chi connectivity index (χ0) is 16.7. The van der Waals surface area contributed by atoms with E-state index in [1.807, 2.05) is 24.3 Å². The molecule has 4 rings (SSSR count). The number of ketones is 1. The van der Waals surface area contributed by atoms with E-state index < -0.39 is 0 Å². The molecule has 5 nitrogen and oxygen atoms in total. The molecule has 2 aromatic rings. The molecule has 0 radical (unpaired) electrons. The van der Waals surface area contributed by atoms with Gasteiger partial charge in [-0.15, -0.1) is 5.10 Å². The molecule has 2 heterocycles. The minimum Gasteiger partial charge on any atom is -0.328 e. The Bertz CT molecular complexity index is 845. The average molecular weight is 361 g/mol. The summed E-state index contributed by atoms with van der Waals surface area (Å²) in [5, 5.41) is 9.30. The summed E-state index contributed by atoms with van der Waals surface area (Å²) in [6, 6.07) is 7.34. The minimum absolute atomic E-state index is 0.166. The molecule has 1 aliphatic carbocycles. The van der Waals surface area contributed by atoms with Crippen molar-refractivity contribution in [3.63, 3.8) is 0 Å². The number of thioether (sulfide) groups is 1. The third kappa shape index (κ3) is 2.54. The second kappa shape index (κ2) is 6.26. The second-order valence-corrected chi connectivity index (χ2v) is 7.45. The second-order valence-electron chi connectivity index (χ2n) is 5.81. The zero-order valence-corrected chi connectivity index (χ0v) is 14.8. The molecule has 1 unspecified atom stereocenters. The van der Waals surface area contributed by atoms with Crippen molar-refractivity contribution >= 4 is 35.1 Å². The quantitative estimate of drug-likeness (QED) is 0.836. The Balaban J connectivity index is 1.91.